The number of benzene rings is 3. The van der Waals surface area contributed by atoms with E-state index in [1.54, 1.807) is 42.5 Å². The maximum absolute atomic E-state index is 15.0. The molecule has 0 atom stereocenters. The second-order valence-corrected chi connectivity index (χ2v) is 12.0. The van der Waals surface area contributed by atoms with Crippen LogP contribution in [0.25, 0.3) is 26.3 Å². The van der Waals surface area contributed by atoms with Crippen molar-refractivity contribution in [3.05, 3.63) is 116 Å². The van der Waals surface area contributed by atoms with Crippen LogP contribution in [0.1, 0.15) is 31.4 Å². The number of ether oxygens (including phenoxy) is 1. The van der Waals surface area contributed by atoms with Crippen LogP contribution in [0.2, 0.25) is 0 Å². The highest BCUT2D eigenvalue weighted by atomic mass is 32.1. The lowest BCUT2D eigenvalue weighted by Gasteiger charge is -2.18. The third-order valence-corrected chi connectivity index (χ3v) is 8.91. The average Bonchev–Trinajstić information content (AvgIpc) is 3.42. The summed E-state index contributed by atoms with van der Waals surface area (Å²) >= 11 is 1.22. The Labute approximate surface area is 275 Å². The van der Waals surface area contributed by atoms with E-state index in [0.717, 1.165) is 33.6 Å². The summed E-state index contributed by atoms with van der Waals surface area (Å²) in [6, 6.07) is 18.9. The number of amides is 2. The van der Waals surface area contributed by atoms with E-state index in [0.29, 0.717) is 54.6 Å². The molecule has 5 rings (SSSR count). The molecule has 0 saturated carbocycles. The first-order chi connectivity index (χ1) is 22.7. The van der Waals surface area contributed by atoms with Gasteiger partial charge >= 0.3 is 11.7 Å². The van der Waals surface area contributed by atoms with Gasteiger partial charge in [0, 0.05) is 42.4 Å². The van der Waals surface area contributed by atoms with Gasteiger partial charge in [-0.3, -0.25) is 14.3 Å². The molecule has 0 saturated heterocycles. The molecule has 0 radical (unpaired) electrons. The first-order valence-electron chi connectivity index (χ1n) is 15.4. The fourth-order valence-electron chi connectivity index (χ4n) is 5.30. The van der Waals surface area contributed by atoms with Crippen LogP contribution in [0.4, 0.5) is 19.3 Å². The smallest absolute Gasteiger partial charge is 0.337 e. The quantitative estimate of drug-likeness (QED) is 0.146. The zero-order chi connectivity index (χ0) is 33.5. The van der Waals surface area contributed by atoms with Gasteiger partial charge in [-0.2, -0.15) is 0 Å². The minimum absolute atomic E-state index is 0.281. The Morgan fingerprint density at radius 3 is 2.28 bits per heavy atom. The van der Waals surface area contributed by atoms with E-state index in [1.807, 2.05) is 37.9 Å². The number of nitrogens with zero attached hydrogens (tertiary/aromatic N) is 3. The van der Waals surface area contributed by atoms with Gasteiger partial charge in [-0.15, -0.1) is 11.3 Å². The molecule has 9 nitrogen and oxygen atoms in total. The van der Waals surface area contributed by atoms with Gasteiger partial charge in [0.05, 0.1) is 24.2 Å². The second kappa shape index (κ2) is 15.3. The Kier molecular flexibility index (Phi) is 11.0. The summed E-state index contributed by atoms with van der Waals surface area (Å²) in [7, 11) is 1.92. The number of thiophene rings is 1. The van der Waals surface area contributed by atoms with Gasteiger partial charge in [0.1, 0.15) is 16.5 Å². The Balaban J connectivity index is 1.74. The summed E-state index contributed by atoms with van der Waals surface area (Å²) in [6.45, 7) is 5.96. The minimum Gasteiger partial charge on any atom is -0.380 e. The van der Waals surface area contributed by atoms with Gasteiger partial charge in [0.15, 0.2) is 0 Å². The molecule has 0 aliphatic heterocycles. The van der Waals surface area contributed by atoms with Crippen molar-refractivity contribution in [3.8, 4) is 16.1 Å². The average molecular weight is 662 g/mol. The van der Waals surface area contributed by atoms with Crippen molar-refractivity contribution < 1.29 is 18.3 Å². The van der Waals surface area contributed by atoms with Gasteiger partial charge < -0.3 is 15.4 Å². The van der Waals surface area contributed by atoms with Crippen molar-refractivity contribution >= 4 is 33.3 Å². The zero-order valence-corrected chi connectivity index (χ0v) is 27.3. The Morgan fingerprint density at radius 1 is 0.915 bits per heavy atom. The number of carbonyl (C=O) groups is 1. The van der Waals surface area contributed by atoms with Crippen molar-refractivity contribution in [3.63, 3.8) is 0 Å². The number of halogens is 2. The highest BCUT2D eigenvalue weighted by Gasteiger charge is 2.25. The summed E-state index contributed by atoms with van der Waals surface area (Å²) < 4.78 is 38.0. The van der Waals surface area contributed by atoms with Crippen molar-refractivity contribution in [1.82, 2.24) is 19.4 Å². The molecule has 12 heteroatoms. The number of urea groups is 1. The molecule has 3 aromatic carbocycles. The molecule has 5 aromatic rings. The van der Waals surface area contributed by atoms with E-state index in [4.69, 9.17) is 4.74 Å². The van der Waals surface area contributed by atoms with E-state index >= 15 is 0 Å². The topological polar surface area (TPSA) is 97.6 Å². The molecule has 2 heterocycles. The van der Waals surface area contributed by atoms with Crippen molar-refractivity contribution in [2.45, 2.75) is 33.4 Å². The van der Waals surface area contributed by atoms with E-state index in [2.05, 4.69) is 10.6 Å². The number of anilines is 1. The first-order valence-corrected chi connectivity index (χ1v) is 16.3. The molecule has 0 aliphatic rings. The standard InChI is InChI=1S/C35H37F2N5O4S/c1-4-19-46-20-18-40(3)21-27-30-32(43)42(25-10-7-6-8-11-25)35(45)41(22-26-28(36)12-9-13-29(26)37)33(30)47-31(27)23-14-16-24(17-15-23)39-34(44)38-5-2/h6-17H,4-5,18-22H2,1-3H3,(H2,38,39,44). The van der Waals surface area contributed by atoms with Gasteiger partial charge in [-0.25, -0.2) is 22.9 Å². The largest absolute Gasteiger partial charge is 0.380 e. The third-order valence-electron chi connectivity index (χ3n) is 7.60. The minimum atomic E-state index is -0.790. The zero-order valence-electron chi connectivity index (χ0n) is 26.5. The van der Waals surface area contributed by atoms with Crippen LogP contribution >= 0.6 is 11.3 Å². The highest BCUT2D eigenvalue weighted by molar-refractivity contribution is 7.22. The molecule has 0 fully saturated rings. The molecular formula is C35H37F2N5O4S. The molecule has 47 heavy (non-hydrogen) atoms. The monoisotopic (exact) mass is 661 g/mol. The molecular weight excluding hydrogens is 624 g/mol. The van der Waals surface area contributed by atoms with Crippen molar-refractivity contribution in [2.24, 2.45) is 0 Å². The highest BCUT2D eigenvalue weighted by Crippen LogP contribution is 2.38. The van der Waals surface area contributed by atoms with E-state index < -0.39 is 29.4 Å². The van der Waals surface area contributed by atoms with Crippen LogP contribution in [0.15, 0.2) is 82.4 Å². The van der Waals surface area contributed by atoms with Crippen molar-refractivity contribution in [1.29, 1.82) is 0 Å². The predicted molar refractivity (Wildman–Crippen MR) is 183 cm³/mol. The number of likely N-dealkylation sites (N-methyl/N-ethyl adjacent to an activating group) is 1. The van der Waals surface area contributed by atoms with Crippen LogP contribution < -0.4 is 21.9 Å². The summed E-state index contributed by atoms with van der Waals surface area (Å²) in [5.74, 6) is -1.58. The van der Waals surface area contributed by atoms with Crippen LogP contribution in [0.5, 0.6) is 0 Å². The number of para-hydroxylation sites is 1. The number of carbonyl (C=O) groups excluding carboxylic acids is 1. The lowest BCUT2D eigenvalue weighted by molar-refractivity contribution is 0.110. The van der Waals surface area contributed by atoms with Gasteiger partial charge in [-0.1, -0.05) is 43.3 Å². The number of fused-ring (bicyclic) bond motifs is 1. The van der Waals surface area contributed by atoms with Crippen molar-refractivity contribution in [2.75, 3.05) is 38.7 Å². The summed E-state index contributed by atoms with van der Waals surface area (Å²) in [6.07, 6.45) is 0.896. The first kappa shape index (κ1) is 33.7. The molecule has 0 unspecified atom stereocenters. The molecule has 0 bridgehead atoms. The number of aromatic nitrogens is 2. The predicted octanol–water partition coefficient (Wildman–Crippen LogP) is 6.21. The van der Waals surface area contributed by atoms with Gasteiger partial charge in [0.25, 0.3) is 5.56 Å². The Hall–Kier alpha value is -4.65. The SMILES string of the molecule is CCCOCCN(C)Cc1c(-c2ccc(NC(=O)NCC)cc2)sc2c1c(=O)n(-c1ccccc1)c(=O)n2Cc1c(F)cccc1F. The maximum Gasteiger partial charge on any atom is 0.337 e. The summed E-state index contributed by atoms with van der Waals surface area (Å²) in [5.41, 5.74) is 0.822. The molecule has 2 aromatic heterocycles. The van der Waals surface area contributed by atoms with Crippen LogP contribution in [0, 0.1) is 11.6 Å². The van der Waals surface area contributed by atoms with Crippen LogP contribution in [-0.4, -0.2) is 53.4 Å². The molecule has 246 valence electrons. The van der Waals surface area contributed by atoms with Crippen LogP contribution in [-0.2, 0) is 17.8 Å². The molecule has 2 N–H and O–H groups in total. The Morgan fingerprint density at radius 2 is 1.62 bits per heavy atom. The number of nitrogens with one attached hydrogen (secondary N) is 2. The summed E-state index contributed by atoms with van der Waals surface area (Å²) in [5, 5.41) is 5.76. The number of rotatable bonds is 13. The molecule has 0 spiro atoms. The number of hydrogen-bond donors (Lipinski definition) is 2. The maximum atomic E-state index is 15.0. The second-order valence-electron chi connectivity index (χ2n) is 11.0. The normalized spacial score (nSPS) is 11.4. The number of hydrogen-bond acceptors (Lipinski definition) is 6. The fourth-order valence-corrected chi connectivity index (χ4v) is 6.60. The van der Waals surface area contributed by atoms with E-state index in [9.17, 15) is 23.2 Å². The third kappa shape index (κ3) is 7.51. The lowest BCUT2D eigenvalue weighted by atomic mass is 10.1. The molecule has 2 amide bonds. The lowest BCUT2D eigenvalue weighted by Crippen LogP contribution is -2.39. The van der Waals surface area contributed by atoms with Crippen LogP contribution in [0.3, 0.4) is 0 Å². The van der Waals surface area contributed by atoms with E-state index in [-0.39, 0.29) is 17.0 Å². The van der Waals surface area contributed by atoms with E-state index in [1.165, 1.54) is 22.0 Å². The van der Waals surface area contributed by atoms with Gasteiger partial charge in [0.2, 0.25) is 0 Å². The Bertz CT molecular complexity index is 1950. The summed E-state index contributed by atoms with van der Waals surface area (Å²) in [4.78, 5) is 43.6. The fraction of sp³-hybridized carbons (Fsp3) is 0.286. The molecule has 0 aliphatic carbocycles. The van der Waals surface area contributed by atoms with Gasteiger partial charge in [-0.05, 0) is 67.9 Å².